The van der Waals surface area contributed by atoms with Gasteiger partial charge in [0.05, 0.1) is 4.90 Å². The summed E-state index contributed by atoms with van der Waals surface area (Å²) in [6, 6.07) is 11.1. The maximum absolute atomic E-state index is 12.4. The Morgan fingerprint density at radius 3 is 2.11 bits per heavy atom. The lowest BCUT2D eigenvalue weighted by Gasteiger charge is -2.11. The minimum absolute atomic E-state index is 0.0930. The summed E-state index contributed by atoms with van der Waals surface area (Å²) in [4.78, 5) is 0.0930. The van der Waals surface area contributed by atoms with Crippen molar-refractivity contribution in [2.24, 2.45) is 0 Å². The zero-order valence-electron chi connectivity index (χ0n) is 14.9. The Morgan fingerprint density at radius 2 is 1.56 bits per heavy atom. The van der Waals surface area contributed by atoms with Gasteiger partial charge in [0.1, 0.15) is 5.75 Å². The fourth-order valence-corrected chi connectivity index (χ4v) is 3.59. The van der Waals surface area contributed by atoms with Crippen molar-refractivity contribution in [1.29, 1.82) is 0 Å². The Kier molecular flexibility index (Phi) is 7.12. The van der Waals surface area contributed by atoms with Crippen molar-refractivity contribution in [3.05, 3.63) is 54.1 Å². The highest BCUT2D eigenvalue weighted by Gasteiger charge is 2.31. The molecular weight excluding hydrogens is 379 g/mol. The van der Waals surface area contributed by atoms with Crippen LogP contribution in [0.2, 0.25) is 0 Å². The number of unbranched alkanes of at least 4 members (excludes halogenated alkanes) is 3. The van der Waals surface area contributed by atoms with E-state index < -0.39 is 22.1 Å². The van der Waals surface area contributed by atoms with Crippen molar-refractivity contribution >= 4 is 15.7 Å². The van der Waals surface area contributed by atoms with E-state index in [1.165, 1.54) is 30.7 Å². The van der Waals surface area contributed by atoms with Crippen LogP contribution in [0, 0.1) is 0 Å². The molecule has 0 spiro atoms. The van der Waals surface area contributed by atoms with E-state index in [-0.39, 0.29) is 10.6 Å². The van der Waals surface area contributed by atoms with Crippen LogP contribution < -0.4 is 9.46 Å². The number of nitrogens with one attached hydrogen (secondary N) is 1. The maximum atomic E-state index is 12.4. The molecule has 2 aromatic rings. The second-order valence-electron chi connectivity index (χ2n) is 6.13. The number of alkyl halides is 3. The molecule has 0 atom stereocenters. The molecule has 0 fully saturated rings. The number of halogens is 3. The van der Waals surface area contributed by atoms with Gasteiger partial charge in [0.2, 0.25) is 0 Å². The van der Waals surface area contributed by atoms with E-state index in [4.69, 9.17) is 0 Å². The summed E-state index contributed by atoms with van der Waals surface area (Å²) in [7, 11) is -3.82. The Bertz CT molecular complexity index is 817. The van der Waals surface area contributed by atoms with Crippen molar-refractivity contribution in [3.8, 4) is 5.75 Å². The first-order chi connectivity index (χ1) is 12.7. The number of aryl methyl sites for hydroxylation is 1. The quantitative estimate of drug-likeness (QED) is 0.564. The molecule has 0 saturated heterocycles. The van der Waals surface area contributed by atoms with Gasteiger partial charge in [-0.3, -0.25) is 4.72 Å². The zero-order chi connectivity index (χ0) is 19.9. The summed E-state index contributed by atoms with van der Waals surface area (Å²) < 4.78 is 67.3. The molecule has 0 aliphatic rings. The van der Waals surface area contributed by atoms with E-state index in [1.807, 2.05) is 0 Å². The van der Waals surface area contributed by atoms with Gasteiger partial charge in [-0.2, -0.15) is 0 Å². The molecule has 2 rings (SSSR count). The lowest BCUT2D eigenvalue weighted by Crippen LogP contribution is -2.17. The zero-order valence-corrected chi connectivity index (χ0v) is 15.7. The van der Waals surface area contributed by atoms with E-state index in [1.54, 1.807) is 12.1 Å². The Balaban J connectivity index is 1.99. The highest BCUT2D eigenvalue weighted by molar-refractivity contribution is 7.92. The van der Waals surface area contributed by atoms with Gasteiger partial charge in [0, 0.05) is 5.69 Å². The normalized spacial score (nSPS) is 12.0. The number of anilines is 1. The Hall–Kier alpha value is -2.22. The molecular formula is C19H22F3NO3S. The average Bonchev–Trinajstić information content (AvgIpc) is 2.59. The molecule has 0 saturated carbocycles. The molecule has 0 heterocycles. The smallest absolute Gasteiger partial charge is 0.406 e. The lowest BCUT2D eigenvalue weighted by molar-refractivity contribution is -0.274. The Labute approximate surface area is 157 Å². The van der Waals surface area contributed by atoms with Gasteiger partial charge in [0.15, 0.2) is 0 Å². The van der Waals surface area contributed by atoms with Crippen LogP contribution in [0.4, 0.5) is 18.9 Å². The fourth-order valence-electron chi connectivity index (χ4n) is 2.53. The van der Waals surface area contributed by atoms with Crippen LogP contribution in [0.1, 0.15) is 38.2 Å². The molecule has 4 nitrogen and oxygen atoms in total. The van der Waals surface area contributed by atoms with Gasteiger partial charge in [-0.15, -0.1) is 13.2 Å². The van der Waals surface area contributed by atoms with Crippen molar-refractivity contribution in [1.82, 2.24) is 0 Å². The van der Waals surface area contributed by atoms with Crippen LogP contribution >= 0.6 is 0 Å². The number of sulfonamides is 1. The van der Waals surface area contributed by atoms with Gasteiger partial charge in [-0.1, -0.05) is 38.3 Å². The molecule has 0 unspecified atom stereocenters. The van der Waals surface area contributed by atoms with Gasteiger partial charge in [-0.05, 0) is 54.8 Å². The topological polar surface area (TPSA) is 55.4 Å². The van der Waals surface area contributed by atoms with Crippen LogP contribution in [0.15, 0.2) is 53.4 Å². The molecule has 1 N–H and O–H groups in total. The first-order valence-electron chi connectivity index (χ1n) is 8.67. The Morgan fingerprint density at radius 1 is 0.926 bits per heavy atom. The van der Waals surface area contributed by atoms with Crippen LogP contribution in [-0.2, 0) is 16.4 Å². The second kappa shape index (κ2) is 9.12. The van der Waals surface area contributed by atoms with Crippen molar-refractivity contribution < 1.29 is 26.3 Å². The lowest BCUT2D eigenvalue weighted by atomic mass is 10.1. The van der Waals surface area contributed by atoms with E-state index in [0.29, 0.717) is 0 Å². The summed E-state index contributed by atoms with van der Waals surface area (Å²) >= 11 is 0. The number of benzene rings is 2. The summed E-state index contributed by atoms with van der Waals surface area (Å²) in [5, 5.41) is 0. The molecule has 148 valence electrons. The number of hydrogen-bond acceptors (Lipinski definition) is 3. The summed E-state index contributed by atoms with van der Waals surface area (Å²) in [5.74, 6) is -0.419. The van der Waals surface area contributed by atoms with Crippen LogP contribution in [-0.4, -0.2) is 14.8 Å². The fraction of sp³-hybridized carbons (Fsp3) is 0.368. The first kappa shape index (κ1) is 21.1. The van der Waals surface area contributed by atoms with E-state index >= 15 is 0 Å². The first-order valence-corrected chi connectivity index (χ1v) is 10.2. The van der Waals surface area contributed by atoms with E-state index in [2.05, 4.69) is 16.4 Å². The molecule has 0 amide bonds. The molecule has 0 bridgehead atoms. The molecule has 0 aromatic heterocycles. The van der Waals surface area contributed by atoms with Crippen molar-refractivity contribution in [2.45, 2.75) is 50.3 Å². The third kappa shape index (κ3) is 7.13. The number of rotatable bonds is 9. The highest BCUT2D eigenvalue weighted by Crippen LogP contribution is 2.25. The average molecular weight is 401 g/mol. The van der Waals surface area contributed by atoms with Crippen LogP contribution in [0.5, 0.6) is 5.75 Å². The van der Waals surface area contributed by atoms with Gasteiger partial charge in [-0.25, -0.2) is 8.42 Å². The van der Waals surface area contributed by atoms with Gasteiger partial charge in [0.25, 0.3) is 10.0 Å². The number of ether oxygens (including phenoxy) is 1. The predicted octanol–water partition coefficient (Wildman–Crippen LogP) is 5.51. The summed E-state index contributed by atoms with van der Waals surface area (Å²) in [6.45, 7) is 2.14. The third-order valence-corrected chi connectivity index (χ3v) is 5.29. The number of hydrogen-bond donors (Lipinski definition) is 1. The standard InChI is InChI=1S/C19H22F3NO3S/c1-2-3-4-5-6-15-7-13-18(14-8-15)27(24,25)23-16-9-11-17(12-10-16)26-19(20,21)22/h7-14,23H,2-6H2,1H3. The third-order valence-electron chi connectivity index (χ3n) is 3.89. The van der Waals surface area contributed by atoms with Crippen molar-refractivity contribution in [3.63, 3.8) is 0 Å². The maximum Gasteiger partial charge on any atom is 0.573 e. The van der Waals surface area contributed by atoms with Crippen LogP contribution in [0.3, 0.4) is 0 Å². The minimum Gasteiger partial charge on any atom is -0.406 e. The van der Waals surface area contributed by atoms with Crippen LogP contribution in [0.25, 0.3) is 0 Å². The van der Waals surface area contributed by atoms with E-state index in [0.717, 1.165) is 43.4 Å². The van der Waals surface area contributed by atoms with Crippen molar-refractivity contribution in [2.75, 3.05) is 4.72 Å². The summed E-state index contributed by atoms with van der Waals surface area (Å²) in [5.41, 5.74) is 1.21. The molecule has 8 heteroatoms. The molecule has 2 aromatic carbocycles. The SMILES string of the molecule is CCCCCCc1ccc(S(=O)(=O)Nc2ccc(OC(F)(F)F)cc2)cc1. The minimum atomic E-state index is -4.79. The van der Waals surface area contributed by atoms with E-state index in [9.17, 15) is 21.6 Å². The second-order valence-corrected chi connectivity index (χ2v) is 7.81. The van der Waals surface area contributed by atoms with Gasteiger partial charge >= 0.3 is 6.36 Å². The monoisotopic (exact) mass is 401 g/mol. The molecule has 0 aliphatic carbocycles. The molecule has 27 heavy (non-hydrogen) atoms. The van der Waals surface area contributed by atoms with Gasteiger partial charge < -0.3 is 4.74 Å². The largest absolute Gasteiger partial charge is 0.573 e. The highest BCUT2D eigenvalue weighted by atomic mass is 32.2. The molecule has 0 radical (unpaired) electrons. The molecule has 0 aliphatic heterocycles. The summed E-state index contributed by atoms with van der Waals surface area (Å²) in [6.07, 6.45) is 0.653. The predicted molar refractivity (Wildman–Crippen MR) is 98.2 cm³/mol.